The molecule has 0 fully saturated rings. The zero-order chi connectivity index (χ0) is 18.6. The third-order valence-electron chi connectivity index (χ3n) is 4.52. The Kier molecular flexibility index (Phi) is 4.99. The first-order valence-corrected chi connectivity index (χ1v) is 9.77. The third kappa shape index (κ3) is 4.07. The Hall–Kier alpha value is -2.98. The highest BCUT2D eigenvalue weighted by Gasteiger charge is 2.13. The Balaban J connectivity index is 1.51. The normalized spacial score (nSPS) is 10.9. The molecule has 0 saturated heterocycles. The van der Waals surface area contributed by atoms with Gasteiger partial charge in [-0.2, -0.15) is 0 Å². The second-order valence-corrected chi connectivity index (χ2v) is 7.69. The summed E-state index contributed by atoms with van der Waals surface area (Å²) in [5.74, 6) is -0.0488. The molecular formula is C23H20N2OS. The largest absolute Gasteiger partial charge is 0.348 e. The van der Waals surface area contributed by atoms with E-state index < -0.39 is 0 Å². The molecule has 1 amide bonds. The summed E-state index contributed by atoms with van der Waals surface area (Å²) in [4.78, 5) is 17.4. The van der Waals surface area contributed by atoms with Gasteiger partial charge in [0.2, 0.25) is 0 Å². The van der Waals surface area contributed by atoms with Crippen LogP contribution in [0.5, 0.6) is 0 Å². The van der Waals surface area contributed by atoms with Gasteiger partial charge >= 0.3 is 0 Å². The van der Waals surface area contributed by atoms with Gasteiger partial charge in [0, 0.05) is 18.5 Å². The quantitative estimate of drug-likeness (QED) is 0.528. The molecule has 1 heterocycles. The maximum Gasteiger partial charge on any atom is 0.251 e. The van der Waals surface area contributed by atoms with Crippen LogP contribution >= 0.6 is 11.3 Å². The number of carbonyl (C=O) groups excluding carboxylic acids is 1. The highest BCUT2D eigenvalue weighted by molar-refractivity contribution is 7.18. The van der Waals surface area contributed by atoms with Gasteiger partial charge in [0.25, 0.3) is 5.91 Å². The molecule has 3 nitrogen and oxygen atoms in total. The van der Waals surface area contributed by atoms with E-state index in [0.29, 0.717) is 18.5 Å². The summed E-state index contributed by atoms with van der Waals surface area (Å²) in [5, 5.41) is 4.05. The molecule has 4 aromatic rings. The van der Waals surface area contributed by atoms with Crippen LogP contribution in [0.4, 0.5) is 0 Å². The lowest BCUT2D eigenvalue weighted by Gasteiger charge is -2.10. The number of rotatable bonds is 5. The van der Waals surface area contributed by atoms with Crippen molar-refractivity contribution in [1.29, 1.82) is 0 Å². The first-order chi connectivity index (χ1) is 13.2. The van der Waals surface area contributed by atoms with E-state index in [-0.39, 0.29) is 5.91 Å². The number of amides is 1. The zero-order valence-corrected chi connectivity index (χ0v) is 15.9. The van der Waals surface area contributed by atoms with Crippen LogP contribution in [0.3, 0.4) is 0 Å². The van der Waals surface area contributed by atoms with Gasteiger partial charge in [0.1, 0.15) is 0 Å². The minimum Gasteiger partial charge on any atom is -0.348 e. The van der Waals surface area contributed by atoms with Gasteiger partial charge in [-0.1, -0.05) is 60.2 Å². The van der Waals surface area contributed by atoms with E-state index in [1.165, 1.54) is 10.3 Å². The van der Waals surface area contributed by atoms with Crippen LogP contribution < -0.4 is 5.32 Å². The number of thiazole rings is 1. The van der Waals surface area contributed by atoms with Crippen LogP contribution in [-0.4, -0.2) is 10.9 Å². The molecule has 27 heavy (non-hydrogen) atoms. The topological polar surface area (TPSA) is 42.0 Å². The van der Waals surface area contributed by atoms with Crippen LogP contribution in [0.2, 0.25) is 0 Å². The number of aromatic nitrogens is 1. The average Bonchev–Trinajstić information content (AvgIpc) is 3.10. The molecule has 4 heteroatoms. The van der Waals surface area contributed by atoms with Gasteiger partial charge in [0.15, 0.2) is 0 Å². The van der Waals surface area contributed by atoms with Gasteiger partial charge in [-0.25, -0.2) is 4.98 Å². The molecule has 3 aromatic carbocycles. The molecule has 0 aliphatic carbocycles. The minimum absolute atomic E-state index is 0.0488. The fourth-order valence-electron chi connectivity index (χ4n) is 3.04. The van der Waals surface area contributed by atoms with Crippen molar-refractivity contribution in [2.75, 3.05) is 0 Å². The average molecular weight is 372 g/mol. The van der Waals surface area contributed by atoms with Gasteiger partial charge in [0.05, 0.1) is 15.2 Å². The van der Waals surface area contributed by atoms with Crippen molar-refractivity contribution in [3.05, 3.63) is 100 Å². The smallest absolute Gasteiger partial charge is 0.251 e. The summed E-state index contributed by atoms with van der Waals surface area (Å²) in [7, 11) is 0. The molecule has 0 unspecified atom stereocenters. The lowest BCUT2D eigenvalue weighted by molar-refractivity contribution is 0.0950. The first-order valence-electron chi connectivity index (χ1n) is 8.95. The SMILES string of the molecule is Cc1ccc(CNC(=O)c2ccccc2Cc2nc3ccccc3s2)cc1. The van der Waals surface area contributed by atoms with Crippen LogP contribution in [0.1, 0.15) is 32.1 Å². The monoisotopic (exact) mass is 372 g/mol. The maximum atomic E-state index is 12.7. The Morgan fingerprint density at radius 2 is 1.70 bits per heavy atom. The summed E-state index contributed by atoms with van der Waals surface area (Å²) in [6.07, 6.45) is 0.660. The molecule has 0 aliphatic heterocycles. The summed E-state index contributed by atoms with van der Waals surface area (Å²) >= 11 is 1.68. The van der Waals surface area contributed by atoms with E-state index in [2.05, 4.69) is 30.4 Å². The van der Waals surface area contributed by atoms with Crippen LogP contribution in [0.25, 0.3) is 10.2 Å². The fourth-order valence-corrected chi connectivity index (χ4v) is 4.03. The number of carbonyl (C=O) groups is 1. The number of nitrogens with zero attached hydrogens (tertiary/aromatic N) is 1. The Labute approximate surface area is 162 Å². The van der Waals surface area contributed by atoms with Crippen molar-refractivity contribution in [3.63, 3.8) is 0 Å². The van der Waals surface area contributed by atoms with E-state index in [0.717, 1.165) is 21.7 Å². The van der Waals surface area contributed by atoms with Crippen LogP contribution in [0.15, 0.2) is 72.8 Å². The summed E-state index contributed by atoms with van der Waals surface area (Å²) < 4.78 is 1.17. The summed E-state index contributed by atoms with van der Waals surface area (Å²) in [5.41, 5.74) is 5.03. The number of hydrogen-bond donors (Lipinski definition) is 1. The van der Waals surface area contributed by atoms with Gasteiger partial charge in [-0.05, 0) is 36.2 Å². The molecule has 0 bridgehead atoms. The van der Waals surface area contributed by atoms with E-state index in [1.807, 2.05) is 54.6 Å². The Bertz CT molecular complexity index is 1050. The van der Waals surface area contributed by atoms with Crippen molar-refractivity contribution in [1.82, 2.24) is 10.3 Å². The summed E-state index contributed by atoms with van der Waals surface area (Å²) in [6.45, 7) is 2.58. The number of hydrogen-bond acceptors (Lipinski definition) is 3. The molecule has 0 spiro atoms. The van der Waals surface area contributed by atoms with E-state index >= 15 is 0 Å². The van der Waals surface area contributed by atoms with Crippen molar-refractivity contribution >= 4 is 27.5 Å². The molecule has 0 radical (unpaired) electrons. The molecule has 134 valence electrons. The highest BCUT2D eigenvalue weighted by Crippen LogP contribution is 2.24. The lowest BCUT2D eigenvalue weighted by atomic mass is 10.0. The van der Waals surface area contributed by atoms with E-state index in [9.17, 15) is 4.79 Å². The third-order valence-corrected chi connectivity index (χ3v) is 5.55. The first kappa shape index (κ1) is 17.4. The number of para-hydroxylation sites is 1. The molecule has 0 atom stereocenters. The minimum atomic E-state index is -0.0488. The van der Waals surface area contributed by atoms with Crippen LogP contribution in [-0.2, 0) is 13.0 Å². The van der Waals surface area contributed by atoms with Crippen molar-refractivity contribution in [3.8, 4) is 0 Å². The fraction of sp³-hybridized carbons (Fsp3) is 0.130. The molecular weight excluding hydrogens is 352 g/mol. The molecule has 1 aromatic heterocycles. The van der Waals surface area contributed by atoms with E-state index in [1.54, 1.807) is 11.3 Å². The maximum absolute atomic E-state index is 12.7. The van der Waals surface area contributed by atoms with E-state index in [4.69, 9.17) is 4.98 Å². The van der Waals surface area contributed by atoms with Gasteiger partial charge in [-0.15, -0.1) is 11.3 Å². The zero-order valence-electron chi connectivity index (χ0n) is 15.1. The molecule has 4 rings (SSSR count). The van der Waals surface area contributed by atoms with Crippen molar-refractivity contribution < 1.29 is 4.79 Å². The number of fused-ring (bicyclic) bond motifs is 1. The highest BCUT2D eigenvalue weighted by atomic mass is 32.1. The Morgan fingerprint density at radius 1 is 0.963 bits per heavy atom. The van der Waals surface area contributed by atoms with Crippen molar-refractivity contribution in [2.24, 2.45) is 0 Å². The van der Waals surface area contributed by atoms with Gasteiger partial charge < -0.3 is 5.32 Å². The van der Waals surface area contributed by atoms with Crippen molar-refractivity contribution in [2.45, 2.75) is 19.9 Å². The number of benzene rings is 3. The predicted octanol–water partition coefficient (Wildman–Crippen LogP) is 5.13. The predicted molar refractivity (Wildman–Crippen MR) is 111 cm³/mol. The second-order valence-electron chi connectivity index (χ2n) is 6.58. The lowest BCUT2D eigenvalue weighted by Crippen LogP contribution is -2.24. The molecule has 0 aliphatic rings. The van der Waals surface area contributed by atoms with Crippen LogP contribution in [0, 0.1) is 6.92 Å². The molecule has 1 N–H and O–H groups in total. The standard InChI is InChI=1S/C23H20N2OS/c1-16-10-12-17(13-11-16)15-24-23(26)19-7-3-2-6-18(19)14-22-25-20-8-4-5-9-21(20)27-22/h2-13H,14-15H2,1H3,(H,24,26). The number of aryl methyl sites for hydroxylation is 1. The summed E-state index contributed by atoms with van der Waals surface area (Å²) in [6, 6.07) is 24.1. The number of nitrogens with one attached hydrogen (secondary N) is 1. The second kappa shape index (κ2) is 7.72. The Morgan fingerprint density at radius 3 is 2.52 bits per heavy atom. The molecule has 0 saturated carbocycles. The van der Waals surface area contributed by atoms with Gasteiger partial charge in [-0.3, -0.25) is 4.79 Å².